The molecular weight excluding hydrogens is 356 g/mol. The van der Waals surface area contributed by atoms with Crippen LogP contribution in [0.2, 0.25) is 0 Å². The van der Waals surface area contributed by atoms with Gasteiger partial charge in [-0.1, -0.05) is 75.0 Å². The van der Waals surface area contributed by atoms with Gasteiger partial charge in [0.25, 0.3) is 0 Å². The van der Waals surface area contributed by atoms with Gasteiger partial charge in [0.05, 0.1) is 0 Å². The van der Waals surface area contributed by atoms with Crippen LogP contribution in [-0.2, 0) is 9.59 Å². The molecule has 0 aromatic rings. The van der Waals surface area contributed by atoms with Crippen molar-refractivity contribution in [1.29, 1.82) is 0 Å². The highest BCUT2D eigenvalue weighted by Gasteiger charge is 2.37. The van der Waals surface area contributed by atoms with Crippen LogP contribution >= 0.6 is 0 Å². The summed E-state index contributed by atoms with van der Waals surface area (Å²) < 4.78 is 0. The van der Waals surface area contributed by atoms with Crippen molar-refractivity contribution in [2.75, 3.05) is 0 Å². The fraction of sp³-hybridized carbons (Fsp3) is 0.630. The molecule has 2 atom stereocenters. The van der Waals surface area contributed by atoms with Crippen molar-refractivity contribution in [1.82, 2.24) is 0 Å². The second-order valence-electron chi connectivity index (χ2n) is 9.98. The van der Waals surface area contributed by atoms with Crippen LogP contribution in [0.1, 0.15) is 83.5 Å². The normalized spacial score (nSPS) is 30.3. The topological polar surface area (TPSA) is 34.1 Å². The van der Waals surface area contributed by atoms with Crippen molar-refractivity contribution < 1.29 is 9.59 Å². The first-order valence-corrected chi connectivity index (χ1v) is 11.9. The maximum atomic E-state index is 13.3. The molecule has 2 saturated carbocycles. The molecule has 0 spiro atoms. The van der Waals surface area contributed by atoms with E-state index in [2.05, 4.69) is 13.2 Å². The zero-order chi connectivity index (χ0) is 20.4. The van der Waals surface area contributed by atoms with Gasteiger partial charge in [0.15, 0.2) is 11.6 Å². The van der Waals surface area contributed by atoms with Gasteiger partial charge in [-0.15, -0.1) is 0 Å². The Morgan fingerprint density at radius 1 is 0.655 bits per heavy atom. The number of hydrogen-bond acceptors (Lipinski definition) is 2. The quantitative estimate of drug-likeness (QED) is 0.535. The molecule has 2 fully saturated rings. The van der Waals surface area contributed by atoms with Gasteiger partial charge >= 0.3 is 0 Å². The van der Waals surface area contributed by atoms with Crippen LogP contribution in [0.25, 0.3) is 0 Å². The Morgan fingerprint density at radius 3 is 1.41 bits per heavy atom. The SMILES string of the molecule is C=C1C=C(CC2=CC(=C)CC(C3CCCCC3)C2=O)C(=O)C(C2CCCCC2)C1. The summed E-state index contributed by atoms with van der Waals surface area (Å²) in [6.45, 7) is 8.42. The molecule has 4 rings (SSSR count). The highest BCUT2D eigenvalue weighted by Crippen LogP contribution is 2.42. The molecule has 0 radical (unpaired) electrons. The van der Waals surface area contributed by atoms with E-state index in [0.29, 0.717) is 18.3 Å². The van der Waals surface area contributed by atoms with E-state index in [1.54, 1.807) is 0 Å². The van der Waals surface area contributed by atoms with Crippen LogP contribution in [-0.4, -0.2) is 11.6 Å². The smallest absolute Gasteiger partial charge is 0.162 e. The summed E-state index contributed by atoms with van der Waals surface area (Å²) in [6, 6.07) is 0. The van der Waals surface area contributed by atoms with Crippen LogP contribution in [0.4, 0.5) is 0 Å². The average Bonchev–Trinajstić information content (AvgIpc) is 2.74. The van der Waals surface area contributed by atoms with Crippen LogP contribution in [0.15, 0.2) is 47.6 Å². The first-order valence-electron chi connectivity index (χ1n) is 11.9. The third kappa shape index (κ3) is 4.57. The molecular formula is C27H36O2. The zero-order valence-corrected chi connectivity index (χ0v) is 17.9. The average molecular weight is 393 g/mol. The molecule has 0 aromatic carbocycles. The number of ketones is 2. The molecule has 29 heavy (non-hydrogen) atoms. The summed E-state index contributed by atoms with van der Waals surface area (Å²) in [5.41, 5.74) is 3.74. The maximum absolute atomic E-state index is 13.3. The summed E-state index contributed by atoms with van der Waals surface area (Å²) in [6.07, 6.45) is 18.3. The molecule has 156 valence electrons. The largest absolute Gasteiger partial charge is 0.294 e. The van der Waals surface area contributed by atoms with Crippen LogP contribution in [0, 0.1) is 23.7 Å². The predicted molar refractivity (Wildman–Crippen MR) is 118 cm³/mol. The third-order valence-electron chi connectivity index (χ3n) is 7.85. The van der Waals surface area contributed by atoms with Gasteiger partial charge in [0, 0.05) is 29.4 Å². The Bertz CT molecular complexity index is 689. The number of hydrogen-bond donors (Lipinski definition) is 0. The highest BCUT2D eigenvalue weighted by molar-refractivity contribution is 6.04. The van der Waals surface area contributed by atoms with Gasteiger partial charge in [-0.25, -0.2) is 0 Å². The Balaban J connectivity index is 1.50. The summed E-state index contributed by atoms with van der Waals surface area (Å²) >= 11 is 0. The van der Waals surface area contributed by atoms with Crippen molar-refractivity contribution in [3.8, 4) is 0 Å². The second kappa shape index (κ2) is 8.98. The molecule has 0 aliphatic heterocycles. The van der Waals surface area contributed by atoms with Gasteiger partial charge in [-0.05, 0) is 50.4 Å². The van der Waals surface area contributed by atoms with E-state index in [0.717, 1.165) is 35.1 Å². The fourth-order valence-electron chi connectivity index (χ4n) is 6.30. The Hall–Kier alpha value is -1.70. The fourth-order valence-corrected chi connectivity index (χ4v) is 6.30. The molecule has 0 heterocycles. The Labute approximate surface area is 176 Å². The lowest BCUT2D eigenvalue weighted by Gasteiger charge is -2.34. The summed E-state index contributed by atoms with van der Waals surface area (Å²) in [7, 11) is 0. The number of Topliss-reactive ketones (excluding diaryl/α,β-unsaturated/α-hetero) is 2. The predicted octanol–water partition coefficient (Wildman–Crippen LogP) is 6.68. The van der Waals surface area contributed by atoms with E-state index in [9.17, 15) is 9.59 Å². The molecule has 0 bridgehead atoms. The van der Waals surface area contributed by atoms with Gasteiger partial charge in [-0.2, -0.15) is 0 Å². The van der Waals surface area contributed by atoms with Gasteiger partial charge in [0.1, 0.15) is 0 Å². The van der Waals surface area contributed by atoms with Crippen LogP contribution in [0.3, 0.4) is 0 Å². The van der Waals surface area contributed by atoms with E-state index in [1.807, 2.05) is 12.2 Å². The monoisotopic (exact) mass is 392 g/mol. The molecule has 2 unspecified atom stereocenters. The van der Waals surface area contributed by atoms with E-state index < -0.39 is 0 Å². The molecule has 0 N–H and O–H groups in total. The highest BCUT2D eigenvalue weighted by atomic mass is 16.1. The maximum Gasteiger partial charge on any atom is 0.162 e. The number of carbonyl (C=O) groups is 2. The Morgan fingerprint density at radius 2 is 1.03 bits per heavy atom. The summed E-state index contributed by atoms with van der Waals surface area (Å²) in [4.78, 5) is 26.7. The molecule has 0 saturated heterocycles. The number of rotatable bonds is 4. The lowest BCUT2D eigenvalue weighted by atomic mass is 9.68. The van der Waals surface area contributed by atoms with Crippen LogP contribution < -0.4 is 0 Å². The minimum atomic E-state index is 0.0828. The van der Waals surface area contributed by atoms with Crippen LogP contribution in [0.5, 0.6) is 0 Å². The van der Waals surface area contributed by atoms with Gasteiger partial charge in [-0.3, -0.25) is 9.59 Å². The standard InChI is InChI=1S/C27H36O2/c1-18-13-22(26(28)24(15-18)20-9-5-3-6-10-20)17-23-14-19(2)16-25(27(23)29)21-11-7-4-8-12-21/h13-14,20-21,24-25H,1-12,15-17H2. The van der Waals surface area contributed by atoms with Gasteiger partial charge in [0.2, 0.25) is 0 Å². The number of allylic oxidation sites excluding steroid dienone is 6. The van der Waals surface area contributed by atoms with E-state index in [4.69, 9.17) is 0 Å². The first kappa shape index (κ1) is 20.6. The molecule has 0 amide bonds. The lowest BCUT2D eigenvalue weighted by molar-refractivity contribution is -0.122. The van der Waals surface area contributed by atoms with Gasteiger partial charge < -0.3 is 0 Å². The zero-order valence-electron chi connectivity index (χ0n) is 17.9. The summed E-state index contributed by atoms with van der Waals surface area (Å²) in [5, 5.41) is 0. The van der Waals surface area contributed by atoms with Crippen molar-refractivity contribution in [3.63, 3.8) is 0 Å². The molecule has 4 aliphatic carbocycles. The van der Waals surface area contributed by atoms with Crippen molar-refractivity contribution >= 4 is 11.6 Å². The van der Waals surface area contributed by atoms with Crippen molar-refractivity contribution in [2.24, 2.45) is 23.7 Å². The van der Waals surface area contributed by atoms with E-state index >= 15 is 0 Å². The molecule has 4 aliphatic rings. The molecule has 2 nitrogen and oxygen atoms in total. The summed E-state index contributed by atoms with van der Waals surface area (Å²) in [5.74, 6) is 1.72. The number of carbonyl (C=O) groups excluding carboxylic acids is 2. The second-order valence-corrected chi connectivity index (χ2v) is 9.98. The molecule has 2 heteroatoms. The van der Waals surface area contributed by atoms with Crippen molar-refractivity contribution in [2.45, 2.75) is 83.5 Å². The lowest BCUT2D eigenvalue weighted by Crippen LogP contribution is -2.32. The first-order chi connectivity index (χ1) is 14.0. The van der Waals surface area contributed by atoms with E-state index in [1.165, 1.54) is 64.2 Å². The minimum Gasteiger partial charge on any atom is -0.294 e. The Kier molecular flexibility index (Phi) is 6.37. The molecule has 0 aromatic heterocycles. The van der Waals surface area contributed by atoms with E-state index in [-0.39, 0.29) is 23.4 Å². The van der Waals surface area contributed by atoms with Crippen molar-refractivity contribution in [3.05, 3.63) is 47.6 Å². The third-order valence-corrected chi connectivity index (χ3v) is 7.85. The minimum absolute atomic E-state index is 0.0828.